The number of amides is 2. The van der Waals surface area contributed by atoms with Crippen molar-refractivity contribution in [3.05, 3.63) is 35.7 Å². The molecule has 0 spiro atoms. The van der Waals surface area contributed by atoms with Crippen LogP contribution in [0.15, 0.2) is 28.8 Å². The summed E-state index contributed by atoms with van der Waals surface area (Å²) in [5.41, 5.74) is 1.15. The first-order valence-electron chi connectivity index (χ1n) is 8.20. The van der Waals surface area contributed by atoms with Gasteiger partial charge in [0.25, 0.3) is 11.8 Å². The van der Waals surface area contributed by atoms with Gasteiger partial charge >= 0.3 is 6.09 Å². The standard InChI is InChI=1S/C17H18N4O4/c1-10-18-15(25-19-10)13-4-2-3-5-14(13)16(22)20-6-11-8-21(17(23)24)9-12(11)7-20/h2-5,11-12H,6-9H2,1H3,(H,23,24). The third-order valence-corrected chi connectivity index (χ3v) is 4.96. The Bertz CT molecular complexity index is 820. The number of carboxylic acid groups (broad SMARTS) is 1. The first kappa shape index (κ1) is 15.6. The maximum absolute atomic E-state index is 13.0. The highest BCUT2D eigenvalue weighted by Crippen LogP contribution is 2.33. The molecule has 130 valence electrons. The van der Waals surface area contributed by atoms with Gasteiger partial charge in [-0.25, -0.2) is 4.79 Å². The number of likely N-dealkylation sites (tertiary alicyclic amines) is 2. The van der Waals surface area contributed by atoms with Crippen LogP contribution in [0.25, 0.3) is 11.5 Å². The number of nitrogens with zero attached hydrogens (tertiary/aromatic N) is 4. The maximum atomic E-state index is 13.0. The molecule has 2 aliphatic heterocycles. The Kier molecular flexibility index (Phi) is 3.67. The van der Waals surface area contributed by atoms with Crippen LogP contribution in [0.5, 0.6) is 0 Å². The Morgan fingerprint density at radius 2 is 1.76 bits per heavy atom. The third kappa shape index (κ3) is 2.73. The van der Waals surface area contributed by atoms with Crippen molar-refractivity contribution in [2.45, 2.75) is 6.92 Å². The first-order valence-corrected chi connectivity index (χ1v) is 8.20. The lowest BCUT2D eigenvalue weighted by atomic mass is 10.0. The molecule has 1 aromatic heterocycles. The van der Waals surface area contributed by atoms with Gasteiger partial charge in [0.2, 0.25) is 0 Å². The second kappa shape index (κ2) is 5.87. The van der Waals surface area contributed by atoms with E-state index >= 15 is 0 Å². The molecule has 2 atom stereocenters. The van der Waals surface area contributed by atoms with Crippen molar-refractivity contribution in [1.82, 2.24) is 19.9 Å². The van der Waals surface area contributed by atoms with Crippen LogP contribution in [0.4, 0.5) is 4.79 Å². The Balaban J connectivity index is 1.55. The molecular formula is C17H18N4O4. The van der Waals surface area contributed by atoms with E-state index in [0.717, 1.165) is 0 Å². The molecule has 8 heteroatoms. The fraction of sp³-hybridized carbons (Fsp3) is 0.412. The summed E-state index contributed by atoms with van der Waals surface area (Å²) in [6.07, 6.45) is -0.885. The molecule has 1 aromatic carbocycles. The molecule has 8 nitrogen and oxygen atoms in total. The number of benzene rings is 1. The lowest BCUT2D eigenvalue weighted by Crippen LogP contribution is -2.35. The number of fused-ring (bicyclic) bond motifs is 1. The Morgan fingerprint density at radius 3 is 2.36 bits per heavy atom. The van der Waals surface area contributed by atoms with Crippen molar-refractivity contribution in [1.29, 1.82) is 0 Å². The molecule has 3 heterocycles. The van der Waals surface area contributed by atoms with E-state index in [0.29, 0.717) is 49.0 Å². The minimum absolute atomic E-state index is 0.0808. The van der Waals surface area contributed by atoms with Crippen LogP contribution in [-0.4, -0.2) is 63.2 Å². The molecular weight excluding hydrogens is 324 g/mol. The van der Waals surface area contributed by atoms with Crippen LogP contribution in [0.1, 0.15) is 16.2 Å². The van der Waals surface area contributed by atoms with Gasteiger partial charge in [0.1, 0.15) is 0 Å². The Hall–Kier alpha value is -2.90. The highest BCUT2D eigenvalue weighted by molar-refractivity contribution is 6.00. The first-order chi connectivity index (χ1) is 12.0. The average molecular weight is 342 g/mol. The molecule has 4 rings (SSSR count). The summed E-state index contributed by atoms with van der Waals surface area (Å²) in [6, 6.07) is 7.19. The molecule has 2 aromatic rings. The topological polar surface area (TPSA) is 99.8 Å². The maximum Gasteiger partial charge on any atom is 0.407 e. The number of hydrogen-bond acceptors (Lipinski definition) is 5. The van der Waals surface area contributed by atoms with Crippen molar-refractivity contribution < 1.29 is 19.2 Å². The summed E-state index contributed by atoms with van der Waals surface area (Å²) in [5, 5.41) is 12.9. The Labute approximate surface area is 144 Å². The van der Waals surface area contributed by atoms with Gasteiger partial charge in [0, 0.05) is 38.0 Å². The summed E-state index contributed by atoms with van der Waals surface area (Å²) in [5.74, 6) is 1.18. The summed E-state index contributed by atoms with van der Waals surface area (Å²) in [7, 11) is 0. The van der Waals surface area contributed by atoms with Crippen LogP contribution in [0, 0.1) is 18.8 Å². The van der Waals surface area contributed by atoms with Crippen LogP contribution in [0.2, 0.25) is 0 Å². The van der Waals surface area contributed by atoms with Crippen molar-refractivity contribution in [2.24, 2.45) is 11.8 Å². The average Bonchev–Trinajstić information content (AvgIpc) is 3.28. The van der Waals surface area contributed by atoms with E-state index in [9.17, 15) is 9.59 Å². The molecule has 2 fully saturated rings. The highest BCUT2D eigenvalue weighted by atomic mass is 16.5. The quantitative estimate of drug-likeness (QED) is 0.892. The summed E-state index contributed by atoms with van der Waals surface area (Å²) >= 11 is 0. The number of aryl methyl sites for hydroxylation is 1. The zero-order valence-electron chi connectivity index (χ0n) is 13.8. The van der Waals surface area contributed by atoms with Gasteiger partial charge in [-0.05, 0) is 19.1 Å². The van der Waals surface area contributed by atoms with E-state index in [1.165, 1.54) is 4.90 Å². The summed E-state index contributed by atoms with van der Waals surface area (Å²) in [6.45, 7) is 3.87. The normalized spacial score (nSPS) is 22.3. The highest BCUT2D eigenvalue weighted by Gasteiger charge is 2.43. The molecule has 2 aliphatic rings. The summed E-state index contributed by atoms with van der Waals surface area (Å²) < 4.78 is 5.22. The van der Waals surface area contributed by atoms with Gasteiger partial charge in [0.05, 0.1) is 11.1 Å². The largest absolute Gasteiger partial charge is 0.465 e. The van der Waals surface area contributed by atoms with E-state index in [4.69, 9.17) is 9.63 Å². The van der Waals surface area contributed by atoms with Gasteiger partial charge in [-0.2, -0.15) is 4.98 Å². The second-order valence-corrected chi connectivity index (χ2v) is 6.61. The molecule has 0 bridgehead atoms. The fourth-order valence-corrected chi connectivity index (χ4v) is 3.75. The molecule has 0 aliphatic carbocycles. The molecule has 2 unspecified atom stereocenters. The van der Waals surface area contributed by atoms with Gasteiger partial charge in [-0.1, -0.05) is 17.3 Å². The van der Waals surface area contributed by atoms with Crippen LogP contribution in [-0.2, 0) is 0 Å². The van der Waals surface area contributed by atoms with Crippen molar-refractivity contribution >= 4 is 12.0 Å². The molecule has 1 N–H and O–H groups in total. The van der Waals surface area contributed by atoms with Crippen molar-refractivity contribution in [3.63, 3.8) is 0 Å². The van der Waals surface area contributed by atoms with Crippen LogP contribution >= 0.6 is 0 Å². The number of aromatic nitrogens is 2. The predicted octanol–water partition coefficient (Wildman–Crippen LogP) is 1.73. The van der Waals surface area contributed by atoms with Gasteiger partial charge in [-0.3, -0.25) is 4.79 Å². The SMILES string of the molecule is Cc1noc(-c2ccccc2C(=O)N2CC3CN(C(=O)O)CC3C2)n1. The molecule has 0 saturated carbocycles. The van der Waals surface area contributed by atoms with Crippen molar-refractivity contribution in [2.75, 3.05) is 26.2 Å². The van der Waals surface area contributed by atoms with E-state index < -0.39 is 6.09 Å². The molecule has 25 heavy (non-hydrogen) atoms. The zero-order valence-corrected chi connectivity index (χ0v) is 13.8. The monoisotopic (exact) mass is 342 g/mol. The van der Waals surface area contributed by atoms with Gasteiger partial charge < -0.3 is 19.4 Å². The second-order valence-electron chi connectivity index (χ2n) is 6.61. The Morgan fingerprint density at radius 1 is 1.12 bits per heavy atom. The van der Waals surface area contributed by atoms with Crippen LogP contribution < -0.4 is 0 Å². The van der Waals surface area contributed by atoms with Crippen LogP contribution in [0.3, 0.4) is 0 Å². The lowest BCUT2D eigenvalue weighted by Gasteiger charge is -2.21. The number of carbonyl (C=O) groups is 2. The fourth-order valence-electron chi connectivity index (χ4n) is 3.75. The number of carbonyl (C=O) groups excluding carboxylic acids is 1. The minimum Gasteiger partial charge on any atom is -0.465 e. The lowest BCUT2D eigenvalue weighted by molar-refractivity contribution is 0.0775. The molecule has 2 amide bonds. The zero-order chi connectivity index (χ0) is 17.6. The van der Waals surface area contributed by atoms with Crippen molar-refractivity contribution in [3.8, 4) is 11.5 Å². The van der Waals surface area contributed by atoms with Gasteiger partial charge in [-0.15, -0.1) is 0 Å². The molecule has 0 radical (unpaired) electrons. The van der Waals surface area contributed by atoms with E-state index in [2.05, 4.69) is 10.1 Å². The van der Waals surface area contributed by atoms with E-state index in [1.54, 1.807) is 24.0 Å². The predicted molar refractivity (Wildman–Crippen MR) is 87.0 cm³/mol. The molecule has 2 saturated heterocycles. The number of hydrogen-bond donors (Lipinski definition) is 1. The summed E-state index contributed by atoms with van der Waals surface area (Å²) in [4.78, 5) is 31.6. The number of rotatable bonds is 2. The minimum atomic E-state index is -0.885. The third-order valence-electron chi connectivity index (χ3n) is 4.96. The van der Waals surface area contributed by atoms with E-state index in [1.807, 2.05) is 12.1 Å². The van der Waals surface area contributed by atoms with E-state index in [-0.39, 0.29) is 17.7 Å². The smallest absolute Gasteiger partial charge is 0.407 e. The van der Waals surface area contributed by atoms with Gasteiger partial charge in [0.15, 0.2) is 5.82 Å².